The van der Waals surface area contributed by atoms with Crippen LogP contribution >= 0.6 is 0 Å². The Bertz CT molecular complexity index is 910. The molecule has 1 aromatic carbocycles. The molecule has 0 bridgehead atoms. The minimum atomic E-state index is -0.328. The minimum Gasteiger partial charge on any atom is -0.454 e. The normalized spacial score (nSPS) is 12.0. The predicted molar refractivity (Wildman–Crippen MR) is 94.0 cm³/mol. The molecule has 0 aliphatic carbocycles. The lowest BCUT2D eigenvalue weighted by Gasteiger charge is -2.06. The van der Waals surface area contributed by atoms with Crippen molar-refractivity contribution in [1.82, 2.24) is 20.1 Å². The van der Waals surface area contributed by atoms with E-state index in [1.54, 1.807) is 23.1 Å². The van der Waals surface area contributed by atoms with E-state index in [0.717, 1.165) is 17.0 Å². The number of nitrogens with one attached hydrogen (secondary N) is 2. The summed E-state index contributed by atoms with van der Waals surface area (Å²) in [5, 5.41) is 9.82. The fraction of sp³-hybridized carbons (Fsp3) is 0.167. The Labute approximate surface area is 149 Å². The largest absolute Gasteiger partial charge is 0.454 e. The van der Waals surface area contributed by atoms with E-state index in [4.69, 9.17) is 9.47 Å². The van der Waals surface area contributed by atoms with E-state index in [1.807, 2.05) is 36.4 Å². The van der Waals surface area contributed by atoms with Gasteiger partial charge in [0.1, 0.15) is 0 Å². The van der Waals surface area contributed by atoms with Crippen molar-refractivity contribution in [3.8, 4) is 11.5 Å². The summed E-state index contributed by atoms with van der Waals surface area (Å²) in [5.74, 6) is 1.89. The van der Waals surface area contributed by atoms with Crippen molar-refractivity contribution < 1.29 is 14.3 Å². The maximum Gasteiger partial charge on any atom is 0.320 e. The number of carbonyl (C=O) groups excluding carboxylic acids is 1. The van der Waals surface area contributed by atoms with Crippen molar-refractivity contribution in [2.75, 3.05) is 12.1 Å². The number of amides is 2. The van der Waals surface area contributed by atoms with Crippen LogP contribution in [0.25, 0.3) is 0 Å². The minimum absolute atomic E-state index is 0.230. The molecule has 0 spiro atoms. The quantitative estimate of drug-likeness (QED) is 0.736. The smallest absolute Gasteiger partial charge is 0.320 e. The first-order chi connectivity index (χ1) is 12.8. The van der Waals surface area contributed by atoms with Crippen LogP contribution in [0, 0.1) is 0 Å². The molecule has 132 valence electrons. The molecule has 0 saturated carbocycles. The number of rotatable bonds is 5. The second-order valence-electron chi connectivity index (χ2n) is 5.71. The van der Waals surface area contributed by atoms with Crippen LogP contribution in [0.1, 0.15) is 11.3 Å². The summed E-state index contributed by atoms with van der Waals surface area (Å²) in [4.78, 5) is 16.3. The van der Waals surface area contributed by atoms with Crippen LogP contribution in [0.5, 0.6) is 11.5 Å². The number of hydrogen-bond acceptors (Lipinski definition) is 5. The molecule has 4 rings (SSSR count). The standard InChI is InChI=1S/C18H17N5O3/c24-18(20-10-13-4-5-15-16(9-13)26-12-25-15)21-17-6-8-23(22-17)11-14-3-1-2-7-19-14/h1-9H,10-12H2,(H2,20,21,22,24). The van der Waals surface area contributed by atoms with Crippen molar-refractivity contribution >= 4 is 11.8 Å². The Morgan fingerprint density at radius 1 is 1.15 bits per heavy atom. The highest BCUT2D eigenvalue weighted by molar-refractivity contribution is 5.88. The van der Waals surface area contributed by atoms with E-state index in [-0.39, 0.29) is 12.8 Å². The van der Waals surface area contributed by atoms with Gasteiger partial charge in [0.25, 0.3) is 0 Å². The molecule has 26 heavy (non-hydrogen) atoms. The van der Waals surface area contributed by atoms with Gasteiger partial charge in [0.15, 0.2) is 17.3 Å². The van der Waals surface area contributed by atoms with Gasteiger partial charge in [0.05, 0.1) is 12.2 Å². The Kier molecular flexibility index (Phi) is 4.38. The van der Waals surface area contributed by atoms with Crippen molar-refractivity contribution in [2.24, 2.45) is 0 Å². The van der Waals surface area contributed by atoms with Gasteiger partial charge in [0, 0.05) is 25.0 Å². The zero-order valence-electron chi connectivity index (χ0n) is 13.9. The average Bonchev–Trinajstić information content (AvgIpc) is 3.29. The SMILES string of the molecule is O=C(NCc1ccc2c(c1)OCO2)Nc1ccn(Cc2ccccn2)n1. The molecule has 8 heteroatoms. The van der Waals surface area contributed by atoms with Crippen LogP contribution in [-0.2, 0) is 13.1 Å². The number of ether oxygens (including phenoxy) is 2. The third-order valence-electron chi connectivity index (χ3n) is 3.82. The molecule has 8 nitrogen and oxygen atoms in total. The summed E-state index contributed by atoms with van der Waals surface area (Å²) in [6.07, 6.45) is 3.53. The summed E-state index contributed by atoms with van der Waals surface area (Å²) in [6.45, 7) is 1.15. The van der Waals surface area contributed by atoms with Gasteiger partial charge in [-0.05, 0) is 29.8 Å². The number of pyridine rings is 1. The monoisotopic (exact) mass is 351 g/mol. The van der Waals surface area contributed by atoms with Crippen molar-refractivity contribution in [3.63, 3.8) is 0 Å². The summed E-state index contributed by atoms with van der Waals surface area (Å²) in [7, 11) is 0. The lowest BCUT2D eigenvalue weighted by Crippen LogP contribution is -2.28. The highest BCUT2D eigenvalue weighted by atomic mass is 16.7. The van der Waals surface area contributed by atoms with Crippen LogP contribution in [0.15, 0.2) is 54.9 Å². The Hall–Kier alpha value is -3.55. The molecule has 3 heterocycles. The highest BCUT2D eigenvalue weighted by Gasteiger charge is 2.13. The van der Waals surface area contributed by atoms with Gasteiger partial charge in [-0.15, -0.1) is 0 Å². The van der Waals surface area contributed by atoms with Gasteiger partial charge in [-0.25, -0.2) is 4.79 Å². The molecule has 0 unspecified atom stereocenters. The van der Waals surface area contributed by atoms with Crippen LogP contribution in [0.4, 0.5) is 10.6 Å². The van der Waals surface area contributed by atoms with Crippen LogP contribution in [-0.4, -0.2) is 27.6 Å². The maximum atomic E-state index is 12.0. The zero-order valence-corrected chi connectivity index (χ0v) is 13.9. The summed E-state index contributed by atoms with van der Waals surface area (Å²) in [5.41, 5.74) is 1.82. The number of urea groups is 1. The van der Waals surface area contributed by atoms with Crippen LogP contribution in [0.2, 0.25) is 0 Å². The second-order valence-corrected chi connectivity index (χ2v) is 5.71. The molecule has 1 aliphatic heterocycles. The number of anilines is 1. The highest BCUT2D eigenvalue weighted by Crippen LogP contribution is 2.32. The first-order valence-electron chi connectivity index (χ1n) is 8.13. The van der Waals surface area contributed by atoms with Gasteiger partial charge in [-0.1, -0.05) is 12.1 Å². The Balaban J connectivity index is 1.29. The van der Waals surface area contributed by atoms with Gasteiger partial charge < -0.3 is 14.8 Å². The van der Waals surface area contributed by atoms with E-state index in [1.165, 1.54) is 0 Å². The third kappa shape index (κ3) is 3.75. The number of hydrogen-bond donors (Lipinski definition) is 2. The van der Waals surface area contributed by atoms with E-state index < -0.39 is 0 Å². The number of fused-ring (bicyclic) bond motifs is 1. The Morgan fingerprint density at radius 2 is 2.08 bits per heavy atom. The lowest BCUT2D eigenvalue weighted by molar-refractivity contribution is 0.174. The van der Waals surface area contributed by atoms with Crippen LogP contribution in [0.3, 0.4) is 0 Å². The molecule has 0 fully saturated rings. The van der Waals surface area contributed by atoms with E-state index >= 15 is 0 Å². The van der Waals surface area contributed by atoms with Gasteiger partial charge in [0.2, 0.25) is 6.79 Å². The molecule has 2 aromatic heterocycles. The maximum absolute atomic E-state index is 12.0. The first-order valence-corrected chi connectivity index (χ1v) is 8.13. The second kappa shape index (κ2) is 7.14. The summed E-state index contributed by atoms with van der Waals surface area (Å²) >= 11 is 0. The van der Waals surface area contributed by atoms with Gasteiger partial charge in [-0.3, -0.25) is 15.0 Å². The van der Waals surface area contributed by atoms with E-state index in [2.05, 4.69) is 20.7 Å². The first kappa shape index (κ1) is 15.9. The molecular weight excluding hydrogens is 334 g/mol. The van der Waals surface area contributed by atoms with E-state index in [9.17, 15) is 4.79 Å². The molecule has 0 saturated heterocycles. The average molecular weight is 351 g/mol. The van der Waals surface area contributed by atoms with Gasteiger partial charge >= 0.3 is 6.03 Å². The van der Waals surface area contributed by atoms with Gasteiger partial charge in [-0.2, -0.15) is 5.10 Å². The zero-order chi connectivity index (χ0) is 17.8. The third-order valence-corrected chi connectivity index (χ3v) is 3.82. The Morgan fingerprint density at radius 3 is 2.96 bits per heavy atom. The lowest BCUT2D eigenvalue weighted by atomic mass is 10.2. The number of aromatic nitrogens is 3. The van der Waals surface area contributed by atoms with Crippen molar-refractivity contribution in [2.45, 2.75) is 13.1 Å². The molecule has 0 radical (unpaired) electrons. The summed E-state index contributed by atoms with van der Waals surface area (Å²) in [6, 6.07) is 12.7. The summed E-state index contributed by atoms with van der Waals surface area (Å²) < 4.78 is 12.3. The number of carbonyl (C=O) groups is 1. The number of nitrogens with zero attached hydrogens (tertiary/aromatic N) is 3. The molecule has 2 amide bonds. The fourth-order valence-corrected chi connectivity index (χ4v) is 2.57. The molecule has 0 atom stereocenters. The van der Waals surface area contributed by atoms with Crippen molar-refractivity contribution in [3.05, 3.63) is 66.1 Å². The molecule has 3 aromatic rings. The molecule has 2 N–H and O–H groups in total. The molecular formula is C18H17N5O3. The predicted octanol–water partition coefficient (Wildman–Crippen LogP) is 2.38. The fourth-order valence-electron chi connectivity index (χ4n) is 2.57. The number of benzene rings is 1. The van der Waals surface area contributed by atoms with Crippen LogP contribution < -0.4 is 20.1 Å². The molecule has 1 aliphatic rings. The van der Waals surface area contributed by atoms with E-state index in [0.29, 0.717) is 24.7 Å². The topological polar surface area (TPSA) is 90.3 Å². The van der Waals surface area contributed by atoms with Crippen molar-refractivity contribution in [1.29, 1.82) is 0 Å².